The second kappa shape index (κ2) is 13.6. The maximum Gasteiger partial charge on any atom is 0.408 e. The zero-order chi connectivity index (χ0) is 24.9. The average Bonchev–Trinajstić information content (AvgIpc) is 2.64. The third-order valence-corrected chi connectivity index (χ3v) is 3.76. The molecule has 0 aromatic carbocycles. The molecule has 0 aliphatic heterocycles. The number of hydrogen-bond acceptors (Lipinski definition) is 8. The van der Waals surface area contributed by atoms with Gasteiger partial charge in [0, 0.05) is 0 Å². The maximum absolute atomic E-state index is 11.9. The van der Waals surface area contributed by atoms with Gasteiger partial charge in [-0.25, -0.2) is 19.2 Å². The van der Waals surface area contributed by atoms with Crippen LogP contribution in [0.4, 0.5) is 9.59 Å². The molecule has 0 saturated carbocycles. The van der Waals surface area contributed by atoms with Crippen LogP contribution in [0, 0.1) is 0 Å². The lowest BCUT2D eigenvalue weighted by Gasteiger charge is -2.22. The number of methoxy groups -OCH3 is 2. The standard InChI is InChI=1S/C22H38N2O8/c1-21(2,3)31-19(27)23-15(17(25)29-7)13-11-9-10-12-14-16(18(26)30-8)24-20(28)32-22(4,5)6/h9-10,15-16H,11-14H2,1-8H3,(H,23,27)(H,24,28)/b10-9+. The fraction of sp³-hybridized carbons (Fsp3) is 0.727. The van der Waals surface area contributed by atoms with Crippen LogP contribution in [-0.4, -0.2) is 61.6 Å². The van der Waals surface area contributed by atoms with Crippen LogP contribution in [0.15, 0.2) is 12.2 Å². The molecule has 0 fully saturated rings. The summed E-state index contributed by atoms with van der Waals surface area (Å²) >= 11 is 0. The molecule has 2 N–H and O–H groups in total. The van der Waals surface area contributed by atoms with E-state index in [1.807, 2.05) is 12.2 Å². The Labute approximate surface area is 190 Å². The summed E-state index contributed by atoms with van der Waals surface area (Å²) in [4.78, 5) is 47.7. The Hall–Kier alpha value is -2.78. The van der Waals surface area contributed by atoms with E-state index in [4.69, 9.17) is 18.9 Å². The second-order valence-electron chi connectivity index (χ2n) is 9.07. The van der Waals surface area contributed by atoms with Crippen molar-refractivity contribution in [3.8, 4) is 0 Å². The topological polar surface area (TPSA) is 129 Å². The summed E-state index contributed by atoms with van der Waals surface area (Å²) < 4.78 is 19.8. The maximum atomic E-state index is 11.9. The van der Waals surface area contributed by atoms with Crippen LogP contribution in [0.1, 0.15) is 67.2 Å². The Morgan fingerprint density at radius 1 is 0.688 bits per heavy atom. The highest BCUT2D eigenvalue weighted by Gasteiger charge is 2.25. The molecule has 0 saturated heterocycles. The number of alkyl carbamates (subject to hydrolysis) is 2. The molecule has 0 rings (SSSR count). The van der Waals surface area contributed by atoms with Crippen LogP contribution in [0.25, 0.3) is 0 Å². The van der Waals surface area contributed by atoms with Crippen LogP contribution in [0.3, 0.4) is 0 Å². The van der Waals surface area contributed by atoms with Gasteiger partial charge in [0.25, 0.3) is 0 Å². The highest BCUT2D eigenvalue weighted by molar-refractivity contribution is 5.82. The van der Waals surface area contributed by atoms with Crippen molar-refractivity contribution in [3.63, 3.8) is 0 Å². The summed E-state index contributed by atoms with van der Waals surface area (Å²) in [6.45, 7) is 10.3. The van der Waals surface area contributed by atoms with E-state index in [1.165, 1.54) is 14.2 Å². The van der Waals surface area contributed by atoms with Crippen LogP contribution < -0.4 is 10.6 Å². The molecule has 0 bridgehead atoms. The third-order valence-electron chi connectivity index (χ3n) is 3.76. The van der Waals surface area contributed by atoms with Gasteiger partial charge in [0.15, 0.2) is 0 Å². The Morgan fingerprint density at radius 2 is 1.00 bits per heavy atom. The van der Waals surface area contributed by atoms with Crippen LogP contribution in [0.2, 0.25) is 0 Å². The summed E-state index contributed by atoms with van der Waals surface area (Å²) in [7, 11) is 2.49. The Balaban J connectivity index is 4.67. The summed E-state index contributed by atoms with van der Waals surface area (Å²) in [5, 5.41) is 5.01. The molecule has 2 amide bonds. The molecule has 10 heteroatoms. The minimum Gasteiger partial charge on any atom is -0.467 e. The van der Waals surface area contributed by atoms with Gasteiger partial charge in [-0.1, -0.05) is 12.2 Å². The molecule has 10 nitrogen and oxygen atoms in total. The average molecular weight is 459 g/mol. The third kappa shape index (κ3) is 14.3. The summed E-state index contributed by atoms with van der Waals surface area (Å²) in [5.41, 5.74) is -1.37. The second-order valence-corrected chi connectivity index (χ2v) is 9.07. The fourth-order valence-electron chi connectivity index (χ4n) is 2.44. The van der Waals surface area contributed by atoms with Gasteiger partial charge in [-0.05, 0) is 67.2 Å². The first-order valence-corrected chi connectivity index (χ1v) is 10.5. The molecular formula is C22H38N2O8. The number of rotatable bonds is 10. The van der Waals surface area contributed by atoms with E-state index in [2.05, 4.69) is 10.6 Å². The van der Waals surface area contributed by atoms with Crippen molar-refractivity contribution < 1.29 is 38.1 Å². The molecule has 0 heterocycles. The van der Waals surface area contributed by atoms with E-state index in [9.17, 15) is 19.2 Å². The lowest BCUT2D eigenvalue weighted by molar-refractivity contribution is -0.144. The number of carbonyl (C=O) groups excluding carboxylic acids is 4. The Bertz CT molecular complexity index is 606. The molecule has 0 radical (unpaired) electrons. The smallest absolute Gasteiger partial charge is 0.408 e. The lowest BCUT2D eigenvalue weighted by atomic mass is 10.1. The van der Waals surface area contributed by atoms with Crippen LogP contribution >= 0.6 is 0 Å². The molecule has 32 heavy (non-hydrogen) atoms. The number of esters is 2. The summed E-state index contributed by atoms with van der Waals surface area (Å²) in [6, 6.07) is -1.70. The number of allylic oxidation sites excluding steroid dienone is 2. The number of hydrogen-bond donors (Lipinski definition) is 2. The molecule has 0 spiro atoms. The molecule has 0 aromatic heterocycles. The zero-order valence-corrected chi connectivity index (χ0v) is 20.4. The molecule has 184 valence electrons. The minimum atomic E-state index is -0.851. The Morgan fingerprint density at radius 3 is 1.25 bits per heavy atom. The number of carbonyl (C=O) groups is 4. The normalized spacial score (nSPS) is 13.6. The quantitative estimate of drug-likeness (QED) is 0.290. The van der Waals surface area contributed by atoms with Crippen molar-refractivity contribution >= 4 is 24.1 Å². The monoisotopic (exact) mass is 458 g/mol. The van der Waals surface area contributed by atoms with E-state index in [0.717, 1.165) is 0 Å². The van der Waals surface area contributed by atoms with Crippen molar-refractivity contribution in [2.24, 2.45) is 0 Å². The van der Waals surface area contributed by atoms with E-state index in [0.29, 0.717) is 25.7 Å². The largest absolute Gasteiger partial charge is 0.467 e. The molecule has 2 atom stereocenters. The SMILES string of the molecule is COC(=O)C(CC/C=C/CCC(NC(=O)OC(C)(C)C)C(=O)OC)NC(=O)OC(C)(C)C. The van der Waals surface area contributed by atoms with Crippen molar-refractivity contribution in [2.75, 3.05) is 14.2 Å². The summed E-state index contributed by atoms with van der Waals surface area (Å²) in [5.74, 6) is -1.15. The molecule has 0 aliphatic carbocycles. The van der Waals surface area contributed by atoms with Gasteiger partial charge in [0.2, 0.25) is 0 Å². The van der Waals surface area contributed by atoms with Crippen LogP contribution in [0.5, 0.6) is 0 Å². The molecule has 2 unspecified atom stereocenters. The number of amides is 2. The van der Waals surface area contributed by atoms with E-state index in [-0.39, 0.29) is 0 Å². The van der Waals surface area contributed by atoms with Crippen molar-refractivity contribution in [1.29, 1.82) is 0 Å². The fourth-order valence-corrected chi connectivity index (χ4v) is 2.44. The van der Waals surface area contributed by atoms with Gasteiger partial charge in [-0.2, -0.15) is 0 Å². The van der Waals surface area contributed by atoms with Gasteiger partial charge in [0.1, 0.15) is 23.3 Å². The highest BCUT2D eigenvalue weighted by atomic mass is 16.6. The van der Waals surface area contributed by atoms with Crippen molar-refractivity contribution in [3.05, 3.63) is 12.2 Å². The van der Waals surface area contributed by atoms with E-state index >= 15 is 0 Å². The van der Waals surface area contributed by atoms with Crippen molar-refractivity contribution in [1.82, 2.24) is 10.6 Å². The first kappa shape index (κ1) is 29.2. The van der Waals surface area contributed by atoms with Crippen LogP contribution in [-0.2, 0) is 28.5 Å². The lowest BCUT2D eigenvalue weighted by Crippen LogP contribution is -2.44. The molecule has 0 aromatic rings. The molecular weight excluding hydrogens is 420 g/mol. The molecule has 0 aliphatic rings. The first-order valence-electron chi connectivity index (χ1n) is 10.5. The van der Waals surface area contributed by atoms with E-state index < -0.39 is 47.4 Å². The van der Waals surface area contributed by atoms with E-state index in [1.54, 1.807) is 41.5 Å². The first-order chi connectivity index (χ1) is 14.7. The predicted octanol–water partition coefficient (Wildman–Crippen LogP) is 3.24. The summed E-state index contributed by atoms with van der Waals surface area (Å²) in [6.07, 6.45) is 3.77. The zero-order valence-electron chi connectivity index (χ0n) is 20.4. The van der Waals surface area contributed by atoms with Gasteiger partial charge in [0.05, 0.1) is 14.2 Å². The highest BCUT2D eigenvalue weighted by Crippen LogP contribution is 2.10. The van der Waals surface area contributed by atoms with Gasteiger partial charge in [-0.3, -0.25) is 0 Å². The Kier molecular flexibility index (Phi) is 12.4. The minimum absolute atomic E-state index is 0.305. The van der Waals surface area contributed by atoms with Crippen molar-refractivity contribution in [2.45, 2.75) is 90.5 Å². The number of nitrogens with one attached hydrogen (secondary N) is 2. The number of ether oxygens (including phenoxy) is 4. The van der Waals surface area contributed by atoms with Gasteiger partial charge >= 0.3 is 24.1 Å². The predicted molar refractivity (Wildman–Crippen MR) is 118 cm³/mol. The van der Waals surface area contributed by atoms with Gasteiger partial charge in [-0.15, -0.1) is 0 Å². The van der Waals surface area contributed by atoms with Gasteiger partial charge < -0.3 is 29.6 Å².